The van der Waals surface area contributed by atoms with Crippen LogP contribution in [0.2, 0.25) is 0 Å². The molecule has 0 saturated heterocycles. The Morgan fingerprint density at radius 3 is 1.91 bits per heavy atom. The van der Waals surface area contributed by atoms with Gasteiger partial charge in [-0.25, -0.2) is 0 Å². The van der Waals surface area contributed by atoms with Crippen molar-refractivity contribution >= 4 is 25.3 Å². The minimum atomic E-state index is 0.373. The lowest BCUT2D eigenvalue weighted by Crippen LogP contribution is -2.35. The van der Waals surface area contributed by atoms with Crippen LogP contribution in [0.15, 0.2) is 0 Å². The van der Waals surface area contributed by atoms with E-state index in [1.165, 1.54) is 0 Å². The second-order valence-electron chi connectivity index (χ2n) is 2.63. The molecule has 68 valence electrons. The molecule has 4 heteroatoms. The van der Waals surface area contributed by atoms with Crippen LogP contribution >= 0.6 is 25.3 Å². The fourth-order valence-electron chi connectivity index (χ4n) is 1.02. The van der Waals surface area contributed by atoms with Gasteiger partial charge >= 0.3 is 0 Å². The molecule has 0 rings (SSSR count). The second-order valence-corrected chi connectivity index (χ2v) is 3.65. The first-order valence-electron chi connectivity index (χ1n) is 3.84. The quantitative estimate of drug-likeness (QED) is 0.456. The summed E-state index contributed by atoms with van der Waals surface area (Å²) in [4.78, 5) is 0. The number of hydrogen-bond acceptors (Lipinski definition) is 4. The van der Waals surface area contributed by atoms with Crippen LogP contribution in [-0.4, -0.2) is 38.2 Å². The molecular formula is C7H18N2S2. The Morgan fingerprint density at radius 2 is 1.64 bits per heavy atom. The summed E-state index contributed by atoms with van der Waals surface area (Å²) in [5, 5.41) is 6.66. The van der Waals surface area contributed by atoms with Crippen LogP contribution in [0.1, 0.15) is 0 Å². The van der Waals surface area contributed by atoms with Crippen LogP contribution in [0, 0.1) is 5.92 Å². The number of thiol groups is 2. The summed E-state index contributed by atoms with van der Waals surface area (Å²) < 4.78 is 0. The van der Waals surface area contributed by atoms with Crippen molar-refractivity contribution in [3.63, 3.8) is 0 Å². The predicted molar refractivity (Wildman–Crippen MR) is 58.0 cm³/mol. The Bertz CT molecular complexity index is 84.5. The van der Waals surface area contributed by atoms with E-state index in [9.17, 15) is 0 Å². The zero-order valence-corrected chi connectivity index (χ0v) is 8.96. The highest BCUT2D eigenvalue weighted by Gasteiger charge is 2.14. The van der Waals surface area contributed by atoms with Crippen LogP contribution in [0.5, 0.6) is 0 Å². The van der Waals surface area contributed by atoms with E-state index in [-0.39, 0.29) is 0 Å². The first kappa shape index (κ1) is 11.6. The summed E-state index contributed by atoms with van der Waals surface area (Å²) in [6.45, 7) is 1.99. The lowest BCUT2D eigenvalue weighted by atomic mass is 10.1. The highest BCUT2D eigenvalue weighted by molar-refractivity contribution is 7.84. The molecule has 0 aromatic rings. The molecule has 0 fully saturated rings. The van der Waals surface area contributed by atoms with Gasteiger partial charge in [0.25, 0.3) is 0 Å². The topological polar surface area (TPSA) is 24.1 Å². The highest BCUT2D eigenvalue weighted by atomic mass is 32.1. The van der Waals surface area contributed by atoms with Gasteiger partial charge in [-0.05, 0) is 33.1 Å². The maximum absolute atomic E-state index is 4.44. The molecule has 0 saturated carbocycles. The fourth-order valence-corrected chi connectivity index (χ4v) is 1.53. The average Bonchev–Trinajstić information content (AvgIpc) is 2.03. The van der Waals surface area contributed by atoms with Crippen molar-refractivity contribution in [3.8, 4) is 0 Å². The molecule has 0 aromatic heterocycles. The zero-order valence-electron chi connectivity index (χ0n) is 7.17. The van der Waals surface area contributed by atoms with Gasteiger partial charge in [0.2, 0.25) is 0 Å². The van der Waals surface area contributed by atoms with Gasteiger partial charge in [0.1, 0.15) is 0 Å². The third-order valence-corrected chi connectivity index (χ3v) is 2.95. The van der Waals surface area contributed by atoms with E-state index in [2.05, 4.69) is 35.9 Å². The number of hydrogen-bond donors (Lipinski definition) is 4. The van der Waals surface area contributed by atoms with Crippen molar-refractivity contribution < 1.29 is 0 Å². The van der Waals surface area contributed by atoms with E-state index < -0.39 is 0 Å². The van der Waals surface area contributed by atoms with Crippen LogP contribution in [-0.2, 0) is 0 Å². The molecule has 11 heavy (non-hydrogen) atoms. The minimum absolute atomic E-state index is 0.373. The Morgan fingerprint density at radius 1 is 1.18 bits per heavy atom. The van der Waals surface area contributed by atoms with Crippen molar-refractivity contribution in [1.82, 2.24) is 10.6 Å². The van der Waals surface area contributed by atoms with Gasteiger partial charge in [0.05, 0.1) is 0 Å². The van der Waals surface area contributed by atoms with Crippen molar-refractivity contribution in [2.24, 2.45) is 5.92 Å². The number of nitrogens with one attached hydrogen (secondary N) is 2. The van der Waals surface area contributed by atoms with Crippen molar-refractivity contribution in [3.05, 3.63) is 0 Å². The van der Waals surface area contributed by atoms with Crippen molar-refractivity contribution in [2.75, 3.05) is 32.9 Å². The Balaban J connectivity index is 3.66. The van der Waals surface area contributed by atoms with Crippen LogP contribution < -0.4 is 10.6 Å². The van der Waals surface area contributed by atoms with E-state index in [1.807, 2.05) is 14.1 Å². The molecule has 0 aliphatic carbocycles. The van der Waals surface area contributed by atoms with E-state index >= 15 is 0 Å². The van der Waals surface area contributed by atoms with Gasteiger partial charge in [-0.1, -0.05) is 0 Å². The summed E-state index contributed by atoms with van der Waals surface area (Å²) in [6, 6.07) is 0. The Labute approximate surface area is 80.3 Å². The fraction of sp³-hybridized carbons (Fsp3) is 1.00. The first-order chi connectivity index (χ1) is 5.26. The van der Waals surface area contributed by atoms with Crippen LogP contribution in [0.25, 0.3) is 0 Å². The summed E-state index contributed by atoms with van der Waals surface area (Å²) in [6.07, 6.45) is 0. The molecule has 0 heterocycles. The molecule has 1 unspecified atom stereocenters. The minimum Gasteiger partial charge on any atom is -0.319 e. The lowest BCUT2D eigenvalue weighted by Gasteiger charge is -2.20. The van der Waals surface area contributed by atoms with E-state index in [4.69, 9.17) is 0 Å². The van der Waals surface area contributed by atoms with Gasteiger partial charge in [-0.3, -0.25) is 0 Å². The molecule has 0 bridgehead atoms. The van der Waals surface area contributed by atoms with Crippen LogP contribution in [0.4, 0.5) is 0 Å². The van der Waals surface area contributed by atoms with Gasteiger partial charge in [0.15, 0.2) is 0 Å². The van der Waals surface area contributed by atoms with E-state index in [1.54, 1.807) is 0 Å². The SMILES string of the molecule is CNCC(CNC)C(S)CS. The molecule has 0 radical (unpaired) electrons. The molecule has 0 amide bonds. The maximum atomic E-state index is 4.44. The second kappa shape index (κ2) is 7.28. The third-order valence-electron chi connectivity index (χ3n) is 1.66. The monoisotopic (exact) mass is 194 g/mol. The third kappa shape index (κ3) is 4.95. The van der Waals surface area contributed by atoms with Crippen LogP contribution in [0.3, 0.4) is 0 Å². The molecule has 0 aromatic carbocycles. The summed E-state index contributed by atoms with van der Waals surface area (Å²) in [5.74, 6) is 1.39. The van der Waals surface area contributed by atoms with Crippen molar-refractivity contribution in [2.45, 2.75) is 5.25 Å². The smallest absolute Gasteiger partial charge is 0.0157 e. The summed E-state index contributed by atoms with van der Waals surface area (Å²) >= 11 is 8.65. The summed E-state index contributed by atoms with van der Waals surface area (Å²) in [7, 11) is 3.92. The molecule has 0 aliphatic rings. The van der Waals surface area contributed by atoms with Gasteiger partial charge in [0, 0.05) is 11.0 Å². The average molecular weight is 194 g/mol. The van der Waals surface area contributed by atoms with Gasteiger partial charge in [-0.2, -0.15) is 25.3 Å². The normalized spacial score (nSPS) is 13.9. The van der Waals surface area contributed by atoms with E-state index in [0.717, 1.165) is 18.8 Å². The standard InChI is InChI=1S/C7H18N2S2/c1-8-3-6(4-9-2)7(11)5-10/h6-11H,3-5H2,1-2H3. The molecule has 0 spiro atoms. The maximum Gasteiger partial charge on any atom is 0.0157 e. The summed E-state index contributed by atoms with van der Waals surface area (Å²) in [5.41, 5.74) is 0. The molecule has 1 atom stereocenters. The number of rotatable bonds is 6. The Hall–Kier alpha value is 0.620. The highest BCUT2D eigenvalue weighted by Crippen LogP contribution is 2.10. The van der Waals surface area contributed by atoms with Gasteiger partial charge in [-0.15, -0.1) is 0 Å². The largest absolute Gasteiger partial charge is 0.319 e. The zero-order chi connectivity index (χ0) is 8.69. The van der Waals surface area contributed by atoms with Crippen molar-refractivity contribution in [1.29, 1.82) is 0 Å². The Kier molecular flexibility index (Phi) is 7.69. The molecular weight excluding hydrogens is 176 g/mol. The molecule has 0 aliphatic heterocycles. The predicted octanol–water partition coefficient (Wildman–Crippen LogP) is 0.270. The molecule has 2 N–H and O–H groups in total. The lowest BCUT2D eigenvalue weighted by molar-refractivity contribution is 0.477. The van der Waals surface area contributed by atoms with E-state index in [0.29, 0.717) is 11.2 Å². The first-order valence-corrected chi connectivity index (χ1v) is 4.99. The van der Waals surface area contributed by atoms with Gasteiger partial charge < -0.3 is 10.6 Å². The molecule has 2 nitrogen and oxygen atoms in total.